The first-order chi connectivity index (χ1) is 33.4. The van der Waals surface area contributed by atoms with E-state index in [1.54, 1.807) is 19.2 Å². The van der Waals surface area contributed by atoms with Gasteiger partial charge >= 0.3 is 30.0 Å². The van der Waals surface area contributed by atoms with Crippen LogP contribution in [0.1, 0.15) is 102 Å². The van der Waals surface area contributed by atoms with E-state index < -0.39 is 0 Å². The number of halogens is 2. The van der Waals surface area contributed by atoms with E-state index >= 15 is 0 Å². The van der Waals surface area contributed by atoms with Gasteiger partial charge in [-0.05, 0) is 65.8 Å². The van der Waals surface area contributed by atoms with Crippen LogP contribution in [-0.4, -0.2) is 79.2 Å². The average molecular weight is 1130 g/mol. The Morgan fingerprint density at radius 2 is 1.11 bits per heavy atom. The second kappa shape index (κ2) is 25.5. The van der Waals surface area contributed by atoms with Gasteiger partial charge in [-0.1, -0.05) is 90.1 Å². The molecule has 0 saturated heterocycles. The van der Waals surface area contributed by atoms with Gasteiger partial charge in [0.1, 0.15) is 24.7 Å². The normalized spacial score (nSPS) is 13.0. The van der Waals surface area contributed by atoms with E-state index in [9.17, 15) is 19.2 Å². The summed E-state index contributed by atoms with van der Waals surface area (Å²) in [6.45, 7) is 5.91. The number of amides is 4. The molecule has 2 aromatic heterocycles. The number of hydrogen-bond donors (Lipinski definition) is 2. The van der Waals surface area contributed by atoms with Crippen molar-refractivity contribution in [2.75, 3.05) is 26.2 Å². The number of carbonyl (C=O) groups is 4. The number of nitrogens with one attached hydrogen (secondary N) is 2. The standard InChI is InChI=1S/C26H28N4O3.C23H23BrN4O3.C3H5.CH4.BrH.Zn/c1-17(31)27-12-13-30(15-18-6-4-3-5-7-18)26(32)24-22-16-33-23-11-10-20(19-8-9-19)14-21(23)25(22)29(2)28-24;1-15(29)25-10-11-28(13-16-6-4-3-5-7-16)23(30)21-19-14-31-20-9-8-17(24)12-18(20)22(19)27(2)26-21;1-2-3-1;;;/h3-7,10-11,14,19H,8-9,12-13,15-16H2,1-2H3,(H,27,31);3-9,12H,10-11,13-14H2,1-2H3,(H,25,29);1H,2-3H2;1H4;1H;/q;;-1;;;+2/p-1. The zero-order valence-electron chi connectivity index (χ0n) is 39.5. The SMILES string of the molecule is C.CC(=O)NCCN(Cc1ccccc1)C(=O)c1nn(C)c2c1COc1ccc(Br)cc1-2.CC(=O)NCCN(Cc1ccccc1)C(=O)c1nn(C)c2c1COc1ccc(C3CC3)cc1-2.[CH-]1CC1.[Zn+][Br]. The summed E-state index contributed by atoms with van der Waals surface area (Å²) in [6.07, 6.45) is 7.45. The average Bonchev–Trinajstić information content (AvgIpc) is 4.31. The summed E-state index contributed by atoms with van der Waals surface area (Å²) in [6, 6.07) is 31.8. The van der Waals surface area contributed by atoms with E-state index in [-0.39, 0.29) is 37.7 Å². The number of fused-ring (bicyclic) bond motifs is 6. The van der Waals surface area contributed by atoms with Crippen LogP contribution in [-0.2, 0) is 66.3 Å². The van der Waals surface area contributed by atoms with Crippen LogP contribution in [0, 0.1) is 6.42 Å². The predicted octanol–water partition coefficient (Wildman–Crippen LogP) is 9.62. The molecule has 0 unspecified atom stereocenters. The summed E-state index contributed by atoms with van der Waals surface area (Å²) in [5, 5.41) is 14.8. The second-order valence-corrected chi connectivity index (χ2v) is 18.0. The quantitative estimate of drug-likeness (QED) is 0.0857. The molecule has 2 fully saturated rings. The summed E-state index contributed by atoms with van der Waals surface area (Å²) in [4.78, 5) is 53.4. The van der Waals surface area contributed by atoms with Crippen LogP contribution in [0.15, 0.2) is 102 Å². The van der Waals surface area contributed by atoms with Crippen LogP contribution in [0.4, 0.5) is 0 Å². The zero-order valence-corrected chi connectivity index (χ0v) is 45.6. The molecule has 0 bridgehead atoms. The fraction of sp³-hybridized carbons (Fsp3) is 0.340. The first kappa shape index (κ1) is 53.7. The Morgan fingerprint density at radius 1 is 0.686 bits per heavy atom. The van der Waals surface area contributed by atoms with Crippen molar-refractivity contribution >= 4 is 53.2 Å². The van der Waals surface area contributed by atoms with E-state index in [4.69, 9.17) is 9.47 Å². The maximum absolute atomic E-state index is 13.7. The number of benzene rings is 4. The van der Waals surface area contributed by atoms with E-state index in [1.165, 1.54) is 61.4 Å². The van der Waals surface area contributed by atoms with Crippen LogP contribution in [0.2, 0.25) is 0 Å². The molecule has 4 aromatic carbocycles. The molecule has 2 aliphatic heterocycles. The van der Waals surface area contributed by atoms with E-state index in [2.05, 4.69) is 68.9 Å². The van der Waals surface area contributed by atoms with Crippen molar-refractivity contribution in [2.45, 2.75) is 79.2 Å². The van der Waals surface area contributed by atoms with Crippen LogP contribution >= 0.6 is 29.6 Å². The van der Waals surface area contributed by atoms with Crippen LogP contribution in [0.25, 0.3) is 22.5 Å². The van der Waals surface area contributed by atoms with Crippen LogP contribution < -0.4 is 20.1 Å². The molecule has 4 heterocycles. The Hall–Kier alpha value is -5.64. The molecule has 70 heavy (non-hydrogen) atoms. The first-order valence-electron chi connectivity index (χ1n) is 23.0. The zero-order chi connectivity index (χ0) is 49.0. The third kappa shape index (κ3) is 13.8. The Balaban J connectivity index is 0.000000207. The van der Waals surface area contributed by atoms with Crippen molar-refractivity contribution in [3.63, 3.8) is 0 Å². The number of ether oxygens (including phenoxy) is 2. The number of aryl methyl sites for hydroxylation is 2. The van der Waals surface area contributed by atoms with Gasteiger partial charge in [-0.25, -0.2) is 12.8 Å². The molecule has 10 rings (SSSR count). The molecule has 0 radical (unpaired) electrons. The number of rotatable bonds is 13. The fourth-order valence-electron chi connectivity index (χ4n) is 8.21. The van der Waals surface area contributed by atoms with E-state index in [0.717, 1.165) is 60.7 Å². The molecule has 2 aliphatic carbocycles. The minimum atomic E-state index is -0.187. The molecule has 364 valence electrons. The van der Waals surface area contributed by atoms with Crippen LogP contribution in [0.5, 0.6) is 11.5 Å². The molecule has 2 saturated carbocycles. The molecule has 2 N–H and O–H groups in total. The summed E-state index contributed by atoms with van der Waals surface area (Å²) < 4.78 is 16.4. The third-order valence-corrected chi connectivity index (χ3v) is 12.2. The molecular weight excluding hydrogens is 1070 g/mol. The number of carbonyl (C=O) groups excluding carboxylic acids is 4. The predicted molar refractivity (Wildman–Crippen MR) is 275 cm³/mol. The number of nitrogens with zero attached hydrogens (tertiary/aromatic N) is 6. The molecule has 0 spiro atoms. The second-order valence-electron chi connectivity index (χ2n) is 17.1. The molecule has 17 heteroatoms. The third-order valence-electron chi connectivity index (χ3n) is 11.8. The van der Waals surface area contributed by atoms with Gasteiger partial charge in [-0.3, -0.25) is 28.5 Å². The van der Waals surface area contributed by atoms with Crippen molar-refractivity contribution in [2.24, 2.45) is 14.1 Å². The monoisotopic (exact) mass is 1130 g/mol. The van der Waals surface area contributed by atoms with Gasteiger partial charge in [0, 0.05) is 93.9 Å². The molecular formula is C53H60Br2N8O6Zn. The molecule has 4 aliphatic rings. The topological polar surface area (TPSA) is 153 Å². The fourth-order valence-corrected chi connectivity index (χ4v) is 8.58. The van der Waals surface area contributed by atoms with Gasteiger partial charge in [0.05, 0.1) is 11.4 Å². The van der Waals surface area contributed by atoms with Gasteiger partial charge < -0.3 is 36.3 Å². The van der Waals surface area contributed by atoms with E-state index in [0.29, 0.717) is 63.2 Å². The number of hydrogen-bond acceptors (Lipinski definition) is 8. The molecule has 6 aromatic rings. The van der Waals surface area contributed by atoms with Gasteiger partial charge in [0.15, 0.2) is 11.4 Å². The molecule has 0 atom stereocenters. The van der Waals surface area contributed by atoms with E-state index in [1.807, 2.05) is 99.0 Å². The summed E-state index contributed by atoms with van der Waals surface area (Å²) >= 11 is 7.76. The van der Waals surface area contributed by atoms with Crippen molar-refractivity contribution in [1.82, 2.24) is 40.0 Å². The minimum absolute atomic E-state index is 0. The van der Waals surface area contributed by atoms with Gasteiger partial charge in [0.25, 0.3) is 11.8 Å². The van der Waals surface area contributed by atoms with Crippen molar-refractivity contribution in [1.29, 1.82) is 0 Å². The Kier molecular flexibility index (Phi) is 19.5. The Morgan fingerprint density at radius 3 is 1.53 bits per heavy atom. The van der Waals surface area contributed by atoms with Crippen molar-refractivity contribution < 1.29 is 45.0 Å². The Labute approximate surface area is 436 Å². The first-order valence-corrected chi connectivity index (χ1v) is 30.7. The van der Waals surface area contributed by atoms with Gasteiger partial charge in [-0.15, -0.1) is 0 Å². The summed E-state index contributed by atoms with van der Waals surface area (Å²) in [5.74, 6) is 1.64. The summed E-state index contributed by atoms with van der Waals surface area (Å²) in [7, 11) is 3.72. The summed E-state index contributed by atoms with van der Waals surface area (Å²) in [5.41, 5.74) is 9.46. The maximum atomic E-state index is 13.7. The molecule has 4 amide bonds. The molecule has 14 nitrogen and oxygen atoms in total. The van der Waals surface area contributed by atoms with Crippen molar-refractivity contribution in [3.05, 3.63) is 147 Å². The Bertz CT molecular complexity index is 2760. The van der Waals surface area contributed by atoms with Gasteiger partial charge in [-0.2, -0.15) is 10.2 Å². The number of aromatic nitrogens is 4. The van der Waals surface area contributed by atoms with Gasteiger partial charge in [0.2, 0.25) is 11.8 Å². The van der Waals surface area contributed by atoms with Crippen LogP contribution in [0.3, 0.4) is 0 Å². The van der Waals surface area contributed by atoms with Crippen molar-refractivity contribution in [3.8, 4) is 34.0 Å².